The van der Waals surface area contributed by atoms with E-state index in [-0.39, 0.29) is 18.1 Å². The minimum atomic E-state index is -2.21. The molecule has 1 aromatic rings. The Labute approximate surface area is 144 Å². The van der Waals surface area contributed by atoms with Gasteiger partial charge in [-0.3, -0.25) is 0 Å². The van der Waals surface area contributed by atoms with Crippen molar-refractivity contribution >= 4 is 20.6 Å². The molecule has 1 aliphatic rings. The number of methoxy groups -OCH3 is 1. The molecule has 0 saturated heterocycles. The smallest absolute Gasteiger partial charge is 0.342 e. The molecule has 1 aliphatic heterocycles. The summed E-state index contributed by atoms with van der Waals surface area (Å²) in [6.45, 7) is 12.7. The van der Waals surface area contributed by atoms with Crippen LogP contribution in [0, 0.1) is 6.92 Å². The lowest BCUT2D eigenvalue weighted by Gasteiger charge is -2.37. The number of benzene rings is 1. The summed E-state index contributed by atoms with van der Waals surface area (Å²) < 4.78 is 17.2. The van der Waals surface area contributed by atoms with Crippen molar-refractivity contribution in [3.05, 3.63) is 22.3 Å². The molecule has 0 aromatic heterocycles. The van der Waals surface area contributed by atoms with Gasteiger partial charge < -0.3 is 18.7 Å². The van der Waals surface area contributed by atoms with E-state index < -0.39 is 14.3 Å². The first-order chi connectivity index (χ1) is 11.0. The molecule has 0 radical (unpaired) electrons. The van der Waals surface area contributed by atoms with Crippen molar-refractivity contribution < 1.29 is 23.5 Å². The molecule has 6 heteroatoms. The molecule has 132 valence electrons. The van der Waals surface area contributed by atoms with Gasteiger partial charge in [0.25, 0.3) is 8.32 Å². The minimum absolute atomic E-state index is 0.0427. The van der Waals surface area contributed by atoms with Crippen molar-refractivity contribution in [1.29, 1.82) is 0 Å². The zero-order valence-electron chi connectivity index (χ0n) is 15.5. The summed E-state index contributed by atoms with van der Waals surface area (Å²) in [6.07, 6.45) is 0.941. The highest BCUT2D eigenvalue weighted by Gasteiger charge is 2.42. The van der Waals surface area contributed by atoms with Crippen LogP contribution in [0.2, 0.25) is 18.1 Å². The van der Waals surface area contributed by atoms with Crippen LogP contribution in [0.1, 0.15) is 47.8 Å². The lowest BCUT2D eigenvalue weighted by molar-refractivity contribution is -0.107. The second-order valence-electron chi connectivity index (χ2n) is 7.63. The van der Waals surface area contributed by atoms with Crippen LogP contribution in [-0.4, -0.2) is 27.7 Å². The Morgan fingerprint density at radius 1 is 1.25 bits per heavy atom. The van der Waals surface area contributed by atoms with E-state index in [0.29, 0.717) is 22.6 Å². The quantitative estimate of drug-likeness (QED) is 0.459. The van der Waals surface area contributed by atoms with Gasteiger partial charge in [0.05, 0.1) is 7.11 Å². The third-order valence-electron chi connectivity index (χ3n) is 5.08. The van der Waals surface area contributed by atoms with E-state index in [1.807, 2.05) is 6.92 Å². The van der Waals surface area contributed by atoms with Crippen LogP contribution >= 0.6 is 0 Å². The van der Waals surface area contributed by atoms with Crippen LogP contribution in [0.5, 0.6) is 11.5 Å². The molecule has 1 heterocycles. The van der Waals surface area contributed by atoms with Crippen LogP contribution in [0.4, 0.5) is 0 Å². The molecular formula is C18H26O5Si. The topological polar surface area (TPSA) is 61.8 Å². The summed E-state index contributed by atoms with van der Waals surface area (Å²) in [5, 5.41) is -0.0427. The summed E-state index contributed by atoms with van der Waals surface area (Å²) in [7, 11) is -0.645. The number of hydrogen-bond acceptors (Lipinski definition) is 5. The summed E-state index contributed by atoms with van der Waals surface area (Å²) in [5.74, 6) is 0.679. The van der Waals surface area contributed by atoms with E-state index in [1.165, 1.54) is 0 Å². The Morgan fingerprint density at radius 3 is 2.38 bits per heavy atom. The first-order valence-corrected chi connectivity index (χ1v) is 11.0. The van der Waals surface area contributed by atoms with E-state index in [9.17, 15) is 9.59 Å². The Hall–Kier alpha value is -1.82. The average Bonchev–Trinajstić information content (AvgIpc) is 2.85. The van der Waals surface area contributed by atoms with Gasteiger partial charge in [-0.25, -0.2) is 4.79 Å². The fraction of sp³-hybridized carbons (Fsp3) is 0.556. The van der Waals surface area contributed by atoms with Crippen molar-refractivity contribution in [2.75, 3.05) is 7.11 Å². The number of ether oxygens (including phenoxy) is 2. The largest absolute Gasteiger partial charge is 0.543 e. The first kappa shape index (κ1) is 18.5. The van der Waals surface area contributed by atoms with Gasteiger partial charge in [-0.15, -0.1) is 0 Å². The molecule has 0 unspecified atom stereocenters. The highest BCUT2D eigenvalue weighted by molar-refractivity contribution is 6.74. The average molecular weight is 350 g/mol. The summed E-state index contributed by atoms with van der Waals surface area (Å²) in [5.41, 5.74) is 2.71. The SMILES string of the molecule is COc1c(C)c2c(c(O[Si](C)(C)C(C)(C)C)c1CC=O)C(=O)OC2. The van der Waals surface area contributed by atoms with Crippen molar-refractivity contribution in [2.45, 2.75) is 58.9 Å². The predicted octanol–water partition coefficient (Wildman–Crippen LogP) is 3.80. The third-order valence-corrected chi connectivity index (χ3v) is 9.40. The first-order valence-electron chi connectivity index (χ1n) is 8.07. The number of carbonyl (C=O) groups excluding carboxylic acids is 2. The third kappa shape index (κ3) is 2.95. The lowest BCUT2D eigenvalue weighted by Crippen LogP contribution is -2.44. The van der Waals surface area contributed by atoms with Gasteiger partial charge in [0.2, 0.25) is 0 Å². The van der Waals surface area contributed by atoms with Gasteiger partial charge in [0, 0.05) is 17.5 Å². The normalized spacial score (nSPS) is 14.2. The Bertz CT molecular complexity index is 686. The van der Waals surface area contributed by atoms with Gasteiger partial charge in [-0.2, -0.15) is 0 Å². The van der Waals surface area contributed by atoms with Crippen molar-refractivity contribution in [2.24, 2.45) is 0 Å². The monoisotopic (exact) mass is 350 g/mol. The molecule has 0 amide bonds. The fourth-order valence-corrected chi connectivity index (χ4v) is 3.66. The van der Waals surface area contributed by atoms with Crippen molar-refractivity contribution in [3.8, 4) is 11.5 Å². The molecule has 0 saturated carbocycles. The van der Waals surface area contributed by atoms with Crippen LogP contribution in [0.25, 0.3) is 0 Å². The molecule has 1 aromatic carbocycles. The van der Waals surface area contributed by atoms with Gasteiger partial charge in [-0.05, 0) is 30.6 Å². The number of cyclic esters (lactones) is 1. The van der Waals surface area contributed by atoms with E-state index in [4.69, 9.17) is 13.9 Å². The van der Waals surface area contributed by atoms with Crippen LogP contribution in [0.3, 0.4) is 0 Å². The maximum absolute atomic E-state index is 12.3. The number of aldehydes is 1. The number of hydrogen-bond donors (Lipinski definition) is 0. The maximum atomic E-state index is 12.3. The molecule has 0 atom stereocenters. The minimum Gasteiger partial charge on any atom is -0.543 e. The number of rotatable bonds is 5. The number of carbonyl (C=O) groups is 2. The highest BCUT2D eigenvalue weighted by Crippen LogP contribution is 2.46. The van der Waals surface area contributed by atoms with Gasteiger partial charge in [0.15, 0.2) is 0 Å². The molecule has 0 aliphatic carbocycles. The Kier molecular flexibility index (Phi) is 4.81. The molecule has 0 bridgehead atoms. The molecule has 0 spiro atoms. The fourth-order valence-electron chi connectivity index (χ4n) is 2.61. The molecule has 0 N–H and O–H groups in total. The summed E-state index contributed by atoms with van der Waals surface area (Å²) in [6, 6.07) is 0. The standard InChI is InChI=1S/C18H26O5Si/c1-11-13-10-22-17(20)14(13)16(12(8-9-19)15(11)21-5)23-24(6,7)18(2,3)4/h9H,8,10H2,1-7H3. The van der Waals surface area contributed by atoms with Crippen molar-refractivity contribution in [3.63, 3.8) is 0 Å². The predicted molar refractivity (Wildman–Crippen MR) is 94.4 cm³/mol. The van der Waals surface area contributed by atoms with E-state index in [0.717, 1.165) is 17.4 Å². The molecule has 0 fully saturated rings. The van der Waals surface area contributed by atoms with Gasteiger partial charge in [0.1, 0.15) is 30.0 Å². The van der Waals surface area contributed by atoms with E-state index in [1.54, 1.807) is 7.11 Å². The zero-order valence-corrected chi connectivity index (χ0v) is 16.5. The second kappa shape index (κ2) is 6.24. The molecule has 2 rings (SSSR count). The summed E-state index contributed by atoms with van der Waals surface area (Å²) >= 11 is 0. The zero-order chi connectivity index (χ0) is 18.3. The van der Waals surface area contributed by atoms with E-state index in [2.05, 4.69) is 33.9 Å². The molecular weight excluding hydrogens is 324 g/mol. The second-order valence-corrected chi connectivity index (χ2v) is 12.4. The van der Waals surface area contributed by atoms with Crippen molar-refractivity contribution in [1.82, 2.24) is 0 Å². The molecule has 5 nitrogen and oxygen atoms in total. The lowest BCUT2D eigenvalue weighted by atomic mass is 9.96. The van der Waals surface area contributed by atoms with Gasteiger partial charge >= 0.3 is 5.97 Å². The Balaban J connectivity index is 2.75. The van der Waals surface area contributed by atoms with Crippen LogP contribution in [0.15, 0.2) is 0 Å². The van der Waals surface area contributed by atoms with Crippen LogP contribution < -0.4 is 9.16 Å². The Morgan fingerprint density at radius 2 is 1.88 bits per heavy atom. The van der Waals surface area contributed by atoms with Crippen LogP contribution in [-0.2, 0) is 22.6 Å². The molecule has 24 heavy (non-hydrogen) atoms. The van der Waals surface area contributed by atoms with Gasteiger partial charge in [-0.1, -0.05) is 20.8 Å². The maximum Gasteiger partial charge on any atom is 0.342 e. The number of esters is 1. The highest BCUT2D eigenvalue weighted by atomic mass is 28.4. The number of fused-ring (bicyclic) bond motifs is 1. The summed E-state index contributed by atoms with van der Waals surface area (Å²) in [4.78, 5) is 23.5. The van der Waals surface area contributed by atoms with E-state index >= 15 is 0 Å².